The zero-order valence-corrected chi connectivity index (χ0v) is 39.3. The van der Waals surface area contributed by atoms with E-state index in [0.717, 1.165) is 45.0 Å². The monoisotopic (exact) mass is 897 g/mol. The van der Waals surface area contributed by atoms with Gasteiger partial charge in [0, 0.05) is 39.4 Å². The number of carbonyl (C=O) groups is 4. The molecule has 1 aliphatic heterocycles. The highest BCUT2D eigenvalue weighted by molar-refractivity contribution is 7.13. The molecule has 65 heavy (non-hydrogen) atoms. The van der Waals surface area contributed by atoms with Crippen molar-refractivity contribution in [1.29, 1.82) is 0 Å². The third-order valence-electron chi connectivity index (χ3n) is 11.9. The number of β-amino-alcohol motifs (C(OH)–C–C–N with tert-alkyl or cyclic N) is 1. The van der Waals surface area contributed by atoms with Crippen LogP contribution in [0, 0.1) is 12.3 Å². The summed E-state index contributed by atoms with van der Waals surface area (Å²) >= 11 is 1.58. The lowest BCUT2D eigenvalue weighted by Gasteiger charge is -2.35. The van der Waals surface area contributed by atoms with Crippen molar-refractivity contribution in [3.63, 3.8) is 0 Å². The van der Waals surface area contributed by atoms with Gasteiger partial charge < -0.3 is 30.3 Å². The van der Waals surface area contributed by atoms with Gasteiger partial charge in [-0.25, -0.2) is 4.98 Å². The summed E-state index contributed by atoms with van der Waals surface area (Å²) in [6.45, 7) is 10.7. The molecule has 4 amide bonds. The van der Waals surface area contributed by atoms with Crippen LogP contribution in [0.4, 0.5) is 0 Å². The second-order valence-corrected chi connectivity index (χ2v) is 18.6. The lowest BCUT2D eigenvalue weighted by molar-refractivity contribution is -0.144. The Morgan fingerprint density at radius 1 is 0.877 bits per heavy atom. The van der Waals surface area contributed by atoms with Gasteiger partial charge in [-0.2, -0.15) is 0 Å². The first-order valence-corrected chi connectivity index (χ1v) is 23.5. The molecule has 3 atom stereocenters. The zero-order valence-electron chi connectivity index (χ0n) is 38.5. The van der Waals surface area contributed by atoms with Crippen LogP contribution in [-0.2, 0) is 25.7 Å². The molecular weight excluding hydrogens is 835 g/mol. The van der Waals surface area contributed by atoms with Crippen molar-refractivity contribution in [3.8, 4) is 16.2 Å². The van der Waals surface area contributed by atoms with Gasteiger partial charge in [-0.05, 0) is 82.7 Å². The number of aromatic nitrogens is 1. The lowest BCUT2D eigenvalue weighted by atomic mass is 9.85. The highest BCUT2D eigenvalue weighted by atomic mass is 32.1. The molecule has 3 N–H and O–H groups in total. The maximum atomic E-state index is 14.0. The Kier molecular flexibility index (Phi) is 16.9. The Morgan fingerprint density at radius 3 is 2.12 bits per heavy atom. The Balaban J connectivity index is 0.941. The van der Waals surface area contributed by atoms with Gasteiger partial charge in [0.15, 0.2) is 0 Å². The maximum absolute atomic E-state index is 14.0. The molecule has 1 fully saturated rings. The van der Waals surface area contributed by atoms with Crippen LogP contribution in [0.15, 0.2) is 115 Å². The summed E-state index contributed by atoms with van der Waals surface area (Å²) in [6, 6.07) is 35.1. The minimum absolute atomic E-state index is 0.00257. The number of ether oxygens (including phenoxy) is 1. The Labute approximate surface area is 387 Å². The van der Waals surface area contributed by atoms with Gasteiger partial charge in [0.1, 0.15) is 24.4 Å². The number of hydrogen-bond acceptors (Lipinski definition) is 8. The first kappa shape index (κ1) is 48.3. The number of hydrogen-bond donors (Lipinski definition) is 3. The summed E-state index contributed by atoms with van der Waals surface area (Å²) in [4.78, 5) is 62.2. The molecule has 4 aromatic carbocycles. The number of aliphatic hydroxyl groups excluding tert-OH is 1. The minimum atomic E-state index is -0.923. The Bertz CT molecular complexity index is 2390. The molecule has 12 heteroatoms. The van der Waals surface area contributed by atoms with Crippen LogP contribution in [-0.4, -0.2) is 88.5 Å². The first-order chi connectivity index (χ1) is 31.2. The fourth-order valence-corrected chi connectivity index (χ4v) is 9.01. The van der Waals surface area contributed by atoms with Crippen LogP contribution >= 0.6 is 11.3 Å². The van der Waals surface area contributed by atoms with E-state index in [0.29, 0.717) is 26.0 Å². The number of rotatable bonds is 19. The minimum Gasteiger partial charge on any atom is -0.492 e. The summed E-state index contributed by atoms with van der Waals surface area (Å²) in [6.07, 6.45) is 1.49. The SMILES string of the molecule is CC/C(=C(\c1ccccc1)c1ccc(OCCN(C)C(=O)CCCCC(=O)NC(C(=O)N2C[C@H](O)C[C@H]2C(=O)NCc2ccc(-c3scnc3C)cc2)C(C)(C)C)cc1)c1ccccc1. The van der Waals surface area contributed by atoms with Crippen LogP contribution < -0.4 is 15.4 Å². The number of nitrogens with zero attached hydrogens (tertiary/aromatic N) is 3. The molecule has 2 heterocycles. The number of unbranched alkanes of at least 4 members (excludes halogenated alkanes) is 1. The molecule has 0 spiro atoms. The van der Waals surface area contributed by atoms with Crippen LogP contribution in [0.3, 0.4) is 0 Å². The molecule has 6 rings (SSSR count). The number of allylic oxidation sites excluding steroid dienone is 1. The van der Waals surface area contributed by atoms with Gasteiger partial charge in [-0.1, -0.05) is 125 Å². The molecule has 1 unspecified atom stereocenters. The van der Waals surface area contributed by atoms with Crippen molar-refractivity contribution in [2.75, 3.05) is 26.7 Å². The van der Waals surface area contributed by atoms with Crippen LogP contribution in [0.1, 0.15) is 94.2 Å². The van der Waals surface area contributed by atoms with Crippen molar-refractivity contribution >= 4 is 46.1 Å². The number of carbonyl (C=O) groups excluding carboxylic acids is 4. The van der Waals surface area contributed by atoms with Crippen LogP contribution in [0.5, 0.6) is 5.75 Å². The summed E-state index contributed by atoms with van der Waals surface area (Å²) < 4.78 is 6.06. The second-order valence-electron chi connectivity index (χ2n) is 17.8. The smallest absolute Gasteiger partial charge is 0.246 e. The predicted molar refractivity (Wildman–Crippen MR) is 259 cm³/mol. The topological polar surface area (TPSA) is 141 Å². The van der Waals surface area contributed by atoms with Gasteiger partial charge in [-0.3, -0.25) is 19.2 Å². The molecule has 0 saturated carbocycles. The number of thiazole rings is 1. The Hall–Kier alpha value is -6.11. The summed E-state index contributed by atoms with van der Waals surface area (Å²) in [5.41, 5.74) is 9.96. The highest BCUT2D eigenvalue weighted by Crippen LogP contribution is 2.35. The third kappa shape index (κ3) is 13.0. The van der Waals surface area contributed by atoms with Crippen molar-refractivity contribution in [1.82, 2.24) is 25.4 Å². The van der Waals surface area contributed by atoms with Crippen molar-refractivity contribution in [3.05, 3.63) is 143 Å². The van der Waals surface area contributed by atoms with E-state index in [9.17, 15) is 24.3 Å². The molecule has 1 aliphatic rings. The standard InChI is InChI=1S/C53H63N5O6S/c1-7-44(38-16-10-8-11-17-38)48(39-18-12-9-13-19-39)40-26-28-43(29-27-40)64-31-30-57(6)47(61)21-15-14-20-46(60)56-50(53(3,4)5)52(63)58-34-42(59)32-45(58)51(62)54-33-37-22-24-41(25-23-37)49-36(2)55-35-65-49/h8-13,16-19,22-29,35,42,45,50,59H,7,14-15,20-21,30-34H2,1-6H3,(H,54,62)(H,56,60)/b48-44-/t42-,45+,50?/m1/s1. The fourth-order valence-electron chi connectivity index (χ4n) is 8.19. The summed E-state index contributed by atoms with van der Waals surface area (Å²) in [7, 11) is 1.75. The molecular formula is C53H63N5O6S. The quantitative estimate of drug-likeness (QED) is 0.0557. The van der Waals surface area contributed by atoms with Crippen molar-refractivity contribution in [2.24, 2.45) is 5.41 Å². The third-order valence-corrected chi connectivity index (χ3v) is 12.8. The summed E-state index contributed by atoms with van der Waals surface area (Å²) in [5.74, 6) is -0.407. The van der Waals surface area contributed by atoms with Gasteiger partial charge >= 0.3 is 0 Å². The van der Waals surface area contributed by atoms with Gasteiger partial charge in [0.05, 0.1) is 28.7 Å². The van der Waals surface area contributed by atoms with Gasteiger partial charge in [0.2, 0.25) is 23.6 Å². The van der Waals surface area contributed by atoms with E-state index >= 15 is 0 Å². The number of aryl methyl sites for hydroxylation is 1. The van der Waals surface area contributed by atoms with E-state index in [1.807, 2.05) is 81.7 Å². The molecule has 1 saturated heterocycles. The molecule has 5 aromatic rings. The zero-order chi connectivity index (χ0) is 46.5. The average molecular weight is 898 g/mol. The van der Waals surface area contributed by atoms with Gasteiger partial charge in [0.25, 0.3) is 0 Å². The number of benzene rings is 4. The Morgan fingerprint density at radius 2 is 1.51 bits per heavy atom. The normalized spacial score (nSPS) is 15.8. The first-order valence-electron chi connectivity index (χ1n) is 22.6. The number of likely N-dealkylation sites (N-methyl/N-ethyl adjacent to an activating group) is 1. The molecule has 0 radical (unpaired) electrons. The molecule has 0 aliphatic carbocycles. The fraction of sp³-hybridized carbons (Fsp3) is 0.377. The molecule has 342 valence electrons. The maximum Gasteiger partial charge on any atom is 0.246 e. The van der Waals surface area contributed by atoms with E-state index in [1.54, 1.807) is 23.3 Å². The number of nitrogens with one attached hydrogen (secondary N) is 2. The van der Waals surface area contributed by atoms with E-state index in [1.165, 1.54) is 21.6 Å². The number of amides is 4. The van der Waals surface area contributed by atoms with Crippen LogP contribution in [0.25, 0.3) is 21.6 Å². The lowest BCUT2D eigenvalue weighted by Crippen LogP contribution is -2.57. The van der Waals surface area contributed by atoms with Crippen molar-refractivity contribution in [2.45, 2.75) is 97.9 Å². The molecule has 1 aromatic heterocycles. The van der Waals surface area contributed by atoms with E-state index in [4.69, 9.17) is 4.74 Å². The van der Waals surface area contributed by atoms with E-state index in [-0.39, 0.29) is 50.1 Å². The largest absolute Gasteiger partial charge is 0.492 e. The molecule has 11 nitrogen and oxygen atoms in total. The highest BCUT2D eigenvalue weighted by Gasteiger charge is 2.44. The number of aliphatic hydroxyl groups is 1. The second kappa shape index (κ2) is 22.7. The van der Waals surface area contributed by atoms with Crippen molar-refractivity contribution < 1.29 is 29.0 Å². The van der Waals surface area contributed by atoms with Crippen LogP contribution in [0.2, 0.25) is 0 Å². The van der Waals surface area contributed by atoms with E-state index < -0.39 is 29.5 Å². The average Bonchev–Trinajstić information content (AvgIpc) is 3.93. The molecule has 0 bridgehead atoms. The predicted octanol–water partition coefficient (Wildman–Crippen LogP) is 8.69. The van der Waals surface area contributed by atoms with Gasteiger partial charge in [-0.15, -0.1) is 11.3 Å². The number of likely N-dealkylation sites (tertiary alicyclic amines) is 1. The summed E-state index contributed by atoms with van der Waals surface area (Å²) in [5, 5.41) is 16.4. The van der Waals surface area contributed by atoms with E-state index in [2.05, 4.69) is 83.2 Å².